The minimum absolute atomic E-state index is 0.370. The highest BCUT2D eigenvalue weighted by atomic mass is 16.1. The van der Waals surface area contributed by atoms with E-state index in [0.717, 1.165) is 6.42 Å². The number of rotatable bonds is 0. The molecule has 2 aliphatic carbocycles. The van der Waals surface area contributed by atoms with Crippen LogP contribution in [0.15, 0.2) is 12.2 Å². The van der Waals surface area contributed by atoms with E-state index in [1.165, 1.54) is 12.8 Å². The summed E-state index contributed by atoms with van der Waals surface area (Å²) in [5.74, 6) is 0.426. The van der Waals surface area contributed by atoms with Crippen LogP contribution in [0.1, 0.15) is 25.7 Å². The zero-order chi connectivity index (χ0) is 6.32. The molecule has 0 heterocycles. The molecule has 0 bridgehead atoms. The Labute approximate surface area is 54.8 Å². The summed E-state index contributed by atoms with van der Waals surface area (Å²) in [5.41, 5.74) is 0.370. The van der Waals surface area contributed by atoms with Gasteiger partial charge in [-0.3, -0.25) is 4.79 Å². The van der Waals surface area contributed by atoms with Gasteiger partial charge in [-0.05, 0) is 18.3 Å². The van der Waals surface area contributed by atoms with Gasteiger partial charge in [0.25, 0.3) is 0 Å². The molecule has 1 fully saturated rings. The first-order valence-corrected chi connectivity index (χ1v) is 3.50. The Morgan fingerprint density at radius 1 is 1.44 bits per heavy atom. The van der Waals surface area contributed by atoms with Crippen molar-refractivity contribution in [2.45, 2.75) is 25.7 Å². The van der Waals surface area contributed by atoms with Crippen LogP contribution in [0.5, 0.6) is 0 Å². The second-order valence-corrected chi connectivity index (χ2v) is 3.18. The zero-order valence-corrected chi connectivity index (χ0v) is 5.39. The maximum absolute atomic E-state index is 10.9. The average molecular weight is 122 g/mol. The molecule has 0 N–H and O–H groups in total. The first kappa shape index (κ1) is 5.21. The molecule has 0 radical (unpaired) electrons. The van der Waals surface area contributed by atoms with E-state index in [1.54, 1.807) is 0 Å². The molecule has 2 rings (SSSR count). The highest BCUT2D eigenvalue weighted by Crippen LogP contribution is 2.51. The summed E-state index contributed by atoms with van der Waals surface area (Å²) in [5, 5.41) is 0. The van der Waals surface area contributed by atoms with Gasteiger partial charge < -0.3 is 0 Å². The van der Waals surface area contributed by atoms with Crippen molar-refractivity contribution in [1.82, 2.24) is 0 Å². The number of carbonyl (C=O) groups excluding carboxylic acids is 1. The molecular weight excluding hydrogens is 112 g/mol. The number of carbonyl (C=O) groups is 1. The molecule has 0 amide bonds. The fourth-order valence-corrected chi connectivity index (χ4v) is 1.47. The number of Topliss-reactive ketones (excluding diaryl/α,β-unsaturated/α-hetero) is 1. The van der Waals surface area contributed by atoms with Gasteiger partial charge in [0, 0.05) is 12.8 Å². The molecule has 1 nitrogen and oxygen atoms in total. The van der Waals surface area contributed by atoms with Crippen molar-refractivity contribution in [2.75, 3.05) is 0 Å². The SMILES string of the molecule is O=C1CC=CC2(CC2)C1. The lowest BCUT2D eigenvalue weighted by molar-refractivity contribution is -0.119. The molecular formula is C8H10O. The molecule has 9 heavy (non-hydrogen) atoms. The maximum atomic E-state index is 10.9. The van der Waals surface area contributed by atoms with Crippen molar-refractivity contribution in [1.29, 1.82) is 0 Å². The van der Waals surface area contributed by atoms with Crippen LogP contribution in [0.2, 0.25) is 0 Å². The molecule has 0 unspecified atom stereocenters. The third-order valence-electron chi connectivity index (χ3n) is 2.26. The average Bonchev–Trinajstić information content (AvgIpc) is 2.49. The summed E-state index contributed by atoms with van der Waals surface area (Å²) in [4.78, 5) is 10.9. The van der Waals surface area contributed by atoms with E-state index in [1.807, 2.05) is 6.08 Å². The first-order valence-electron chi connectivity index (χ1n) is 3.50. The molecule has 0 aromatic carbocycles. The predicted octanol–water partition coefficient (Wildman–Crippen LogP) is 1.69. The van der Waals surface area contributed by atoms with E-state index in [4.69, 9.17) is 0 Å². The molecule has 0 saturated heterocycles. The molecule has 1 spiro atoms. The van der Waals surface area contributed by atoms with Crippen molar-refractivity contribution in [3.05, 3.63) is 12.2 Å². The largest absolute Gasteiger partial charge is 0.299 e. The molecule has 0 aliphatic heterocycles. The molecule has 0 atom stereocenters. The fourth-order valence-electron chi connectivity index (χ4n) is 1.47. The Hall–Kier alpha value is -0.590. The summed E-state index contributed by atoms with van der Waals surface area (Å²) >= 11 is 0. The van der Waals surface area contributed by atoms with Crippen LogP contribution in [-0.2, 0) is 4.79 Å². The number of ketones is 1. The van der Waals surface area contributed by atoms with E-state index in [2.05, 4.69) is 6.08 Å². The molecule has 0 aromatic rings. The van der Waals surface area contributed by atoms with Crippen LogP contribution in [0.3, 0.4) is 0 Å². The quantitative estimate of drug-likeness (QED) is 0.447. The van der Waals surface area contributed by atoms with Gasteiger partial charge in [-0.1, -0.05) is 12.2 Å². The van der Waals surface area contributed by atoms with Crippen LogP contribution in [0.4, 0.5) is 0 Å². The van der Waals surface area contributed by atoms with E-state index < -0.39 is 0 Å². The smallest absolute Gasteiger partial charge is 0.137 e. The summed E-state index contributed by atoms with van der Waals surface area (Å²) in [6, 6.07) is 0. The molecule has 1 heteroatoms. The van der Waals surface area contributed by atoms with Gasteiger partial charge in [-0.2, -0.15) is 0 Å². The number of hydrogen-bond donors (Lipinski definition) is 0. The van der Waals surface area contributed by atoms with Crippen LogP contribution in [0, 0.1) is 5.41 Å². The summed E-state index contributed by atoms with van der Waals surface area (Å²) in [6.45, 7) is 0. The zero-order valence-electron chi connectivity index (χ0n) is 5.39. The third-order valence-corrected chi connectivity index (χ3v) is 2.26. The Bertz CT molecular complexity index is 175. The Morgan fingerprint density at radius 2 is 2.22 bits per heavy atom. The standard InChI is InChI=1S/C8H10O/c9-7-2-1-3-8(6-7)4-5-8/h1,3H,2,4-6H2. The van der Waals surface area contributed by atoms with E-state index in [0.29, 0.717) is 17.6 Å². The molecule has 48 valence electrons. The van der Waals surface area contributed by atoms with Gasteiger partial charge in [-0.15, -0.1) is 0 Å². The Morgan fingerprint density at radius 3 is 2.67 bits per heavy atom. The monoisotopic (exact) mass is 122 g/mol. The molecule has 1 saturated carbocycles. The Balaban J connectivity index is 2.20. The lowest BCUT2D eigenvalue weighted by Crippen LogP contribution is -2.10. The van der Waals surface area contributed by atoms with Crippen molar-refractivity contribution in [3.8, 4) is 0 Å². The van der Waals surface area contributed by atoms with Crippen LogP contribution in [0.25, 0.3) is 0 Å². The lowest BCUT2D eigenvalue weighted by Gasteiger charge is -2.11. The minimum atomic E-state index is 0.370. The maximum Gasteiger partial charge on any atom is 0.137 e. The minimum Gasteiger partial charge on any atom is -0.299 e. The topological polar surface area (TPSA) is 17.1 Å². The highest BCUT2D eigenvalue weighted by Gasteiger charge is 2.42. The van der Waals surface area contributed by atoms with Gasteiger partial charge >= 0.3 is 0 Å². The highest BCUT2D eigenvalue weighted by molar-refractivity contribution is 5.82. The van der Waals surface area contributed by atoms with E-state index in [9.17, 15) is 4.79 Å². The van der Waals surface area contributed by atoms with Crippen molar-refractivity contribution >= 4 is 5.78 Å². The normalized spacial score (nSPS) is 29.1. The van der Waals surface area contributed by atoms with Crippen molar-refractivity contribution < 1.29 is 4.79 Å². The second kappa shape index (κ2) is 1.47. The van der Waals surface area contributed by atoms with E-state index >= 15 is 0 Å². The molecule has 2 aliphatic rings. The van der Waals surface area contributed by atoms with Gasteiger partial charge in [0.1, 0.15) is 5.78 Å². The predicted molar refractivity (Wildman–Crippen MR) is 35.0 cm³/mol. The molecule has 0 aromatic heterocycles. The van der Waals surface area contributed by atoms with Gasteiger partial charge in [0.15, 0.2) is 0 Å². The third kappa shape index (κ3) is 0.805. The van der Waals surface area contributed by atoms with Gasteiger partial charge in [0.2, 0.25) is 0 Å². The number of allylic oxidation sites excluding steroid dienone is 2. The van der Waals surface area contributed by atoms with Crippen LogP contribution < -0.4 is 0 Å². The fraction of sp³-hybridized carbons (Fsp3) is 0.625. The van der Waals surface area contributed by atoms with Gasteiger partial charge in [-0.25, -0.2) is 0 Å². The van der Waals surface area contributed by atoms with Crippen molar-refractivity contribution in [2.24, 2.45) is 5.41 Å². The van der Waals surface area contributed by atoms with E-state index in [-0.39, 0.29) is 0 Å². The van der Waals surface area contributed by atoms with Crippen LogP contribution >= 0.6 is 0 Å². The Kier molecular flexibility index (Phi) is 0.850. The summed E-state index contributed by atoms with van der Waals surface area (Å²) in [7, 11) is 0. The second-order valence-electron chi connectivity index (χ2n) is 3.18. The lowest BCUT2D eigenvalue weighted by atomic mass is 9.92. The summed E-state index contributed by atoms with van der Waals surface area (Å²) < 4.78 is 0. The number of hydrogen-bond acceptors (Lipinski definition) is 1. The first-order chi connectivity index (χ1) is 4.31. The van der Waals surface area contributed by atoms with Crippen LogP contribution in [-0.4, -0.2) is 5.78 Å². The summed E-state index contributed by atoms with van der Waals surface area (Å²) in [6.07, 6.45) is 8.25. The van der Waals surface area contributed by atoms with Crippen molar-refractivity contribution in [3.63, 3.8) is 0 Å². The van der Waals surface area contributed by atoms with Gasteiger partial charge in [0.05, 0.1) is 0 Å².